The highest BCUT2D eigenvalue weighted by Crippen LogP contribution is 2.34. The molecule has 1 heterocycles. The monoisotopic (exact) mass is 442 g/mol. The highest BCUT2D eigenvalue weighted by molar-refractivity contribution is 8.04. The fourth-order valence-corrected chi connectivity index (χ4v) is 3.75. The van der Waals surface area contributed by atoms with Gasteiger partial charge in [0, 0.05) is 25.0 Å². The summed E-state index contributed by atoms with van der Waals surface area (Å²) in [5, 5.41) is 10.7. The molecule has 1 aromatic carbocycles. The number of hydrogen-bond donors (Lipinski definition) is 0. The highest BCUT2D eigenvalue weighted by atomic mass is 35.5. The molecule has 11 heteroatoms. The van der Waals surface area contributed by atoms with Crippen molar-refractivity contribution in [1.82, 2.24) is 4.90 Å². The van der Waals surface area contributed by atoms with Gasteiger partial charge in [-0.3, -0.25) is 24.6 Å². The van der Waals surface area contributed by atoms with E-state index in [0.717, 1.165) is 16.7 Å². The number of allylic oxidation sites excluding steroid dienone is 1. The maximum atomic E-state index is 12.8. The lowest BCUT2D eigenvalue weighted by molar-refractivity contribution is -0.384. The molecule has 0 saturated carbocycles. The summed E-state index contributed by atoms with van der Waals surface area (Å²) in [5.41, 5.74) is -0.527. The summed E-state index contributed by atoms with van der Waals surface area (Å²) in [4.78, 5) is 48.2. The van der Waals surface area contributed by atoms with Gasteiger partial charge < -0.3 is 9.47 Å². The molecule has 1 aromatic rings. The van der Waals surface area contributed by atoms with Crippen LogP contribution >= 0.6 is 23.4 Å². The van der Waals surface area contributed by atoms with E-state index >= 15 is 0 Å². The number of Topliss-reactive ketones (excluding diaryl/α,β-unsaturated/α-hetero) is 1. The van der Waals surface area contributed by atoms with Gasteiger partial charge in [-0.2, -0.15) is 0 Å². The number of esters is 1. The number of amides is 1. The summed E-state index contributed by atoms with van der Waals surface area (Å²) >= 11 is 7.15. The largest absolute Gasteiger partial charge is 0.456 e. The SMILES string of the molecule is COCCSC(C(C)=O)=C(C(=O)OCc1ccc([N+](=O)[O-])cc1)N1C(=O)CC1Cl. The van der Waals surface area contributed by atoms with Crippen molar-refractivity contribution in [2.24, 2.45) is 0 Å². The van der Waals surface area contributed by atoms with Crippen molar-refractivity contribution in [3.63, 3.8) is 0 Å². The number of halogens is 1. The predicted octanol–water partition coefficient (Wildman–Crippen LogP) is 2.62. The second kappa shape index (κ2) is 10.4. The molecule has 9 nitrogen and oxygen atoms in total. The molecule has 0 spiro atoms. The van der Waals surface area contributed by atoms with Gasteiger partial charge in [-0.1, -0.05) is 11.6 Å². The van der Waals surface area contributed by atoms with Crippen LogP contribution in [0, 0.1) is 10.1 Å². The van der Waals surface area contributed by atoms with Crippen LogP contribution in [0.1, 0.15) is 18.9 Å². The topological polar surface area (TPSA) is 116 Å². The molecule has 0 aromatic heterocycles. The molecule has 0 aliphatic carbocycles. The zero-order chi connectivity index (χ0) is 21.6. The van der Waals surface area contributed by atoms with E-state index in [1.807, 2.05) is 0 Å². The minimum Gasteiger partial charge on any atom is -0.456 e. The molecule has 1 aliphatic heterocycles. The van der Waals surface area contributed by atoms with E-state index in [1.54, 1.807) is 0 Å². The number of β-lactam (4-membered cyclic amide) rings is 1. The molecule has 0 bridgehead atoms. The molecular weight excluding hydrogens is 424 g/mol. The van der Waals surface area contributed by atoms with Gasteiger partial charge in [0.15, 0.2) is 5.78 Å². The van der Waals surface area contributed by atoms with E-state index in [2.05, 4.69) is 0 Å². The van der Waals surface area contributed by atoms with E-state index in [9.17, 15) is 24.5 Å². The standard InChI is InChI=1S/C18H19ClN2O7S/c1-11(22)17(29-8-7-27-2)16(20-14(19)9-15(20)23)18(24)28-10-12-3-5-13(6-4-12)21(25)26/h3-6,14H,7-10H2,1-2H3. The number of ether oxygens (including phenoxy) is 2. The van der Waals surface area contributed by atoms with Crippen molar-refractivity contribution in [2.75, 3.05) is 19.5 Å². The minimum atomic E-state index is -0.878. The molecule has 1 saturated heterocycles. The number of rotatable bonds is 10. The van der Waals surface area contributed by atoms with E-state index in [1.165, 1.54) is 38.3 Å². The number of alkyl halides is 1. The maximum absolute atomic E-state index is 12.8. The summed E-state index contributed by atoms with van der Waals surface area (Å²) in [7, 11) is 1.50. The van der Waals surface area contributed by atoms with Crippen LogP contribution in [0.3, 0.4) is 0 Å². The number of nitro groups is 1. The lowest BCUT2D eigenvalue weighted by Gasteiger charge is -2.37. The molecule has 2 rings (SSSR count). The number of likely N-dealkylation sites (tertiary alicyclic amines) is 1. The van der Waals surface area contributed by atoms with E-state index in [0.29, 0.717) is 17.9 Å². The normalized spacial score (nSPS) is 16.7. The van der Waals surface area contributed by atoms with Gasteiger partial charge in [0.25, 0.3) is 5.69 Å². The Kier molecular flexibility index (Phi) is 8.18. The number of hydrogen-bond acceptors (Lipinski definition) is 8. The summed E-state index contributed by atoms with van der Waals surface area (Å²) in [6.07, 6.45) is 0.0502. The smallest absolute Gasteiger partial charge is 0.356 e. The van der Waals surface area contributed by atoms with Crippen LogP contribution in [0.5, 0.6) is 0 Å². The summed E-state index contributed by atoms with van der Waals surface area (Å²) in [6, 6.07) is 5.48. The zero-order valence-corrected chi connectivity index (χ0v) is 17.3. The van der Waals surface area contributed by atoms with Crippen LogP contribution < -0.4 is 0 Å². The molecule has 29 heavy (non-hydrogen) atoms. The van der Waals surface area contributed by atoms with E-state index in [4.69, 9.17) is 21.1 Å². The Hall–Kier alpha value is -2.43. The number of non-ortho nitro benzene ring substituents is 1. The first-order chi connectivity index (χ1) is 13.8. The van der Waals surface area contributed by atoms with Crippen molar-refractivity contribution in [1.29, 1.82) is 0 Å². The fourth-order valence-electron chi connectivity index (χ4n) is 2.44. The molecule has 0 radical (unpaired) electrons. The minimum absolute atomic E-state index is 0.0502. The lowest BCUT2D eigenvalue weighted by Crippen LogP contribution is -2.51. The number of nitrogens with zero attached hydrogens (tertiary/aromatic N) is 2. The Labute approximate surface area is 176 Å². The third-order valence-electron chi connectivity index (χ3n) is 3.91. The Morgan fingerprint density at radius 3 is 2.48 bits per heavy atom. The Bertz CT molecular complexity index is 841. The Morgan fingerprint density at radius 1 is 1.34 bits per heavy atom. The molecule has 1 atom stereocenters. The quantitative estimate of drug-likeness (QED) is 0.0793. The molecule has 1 amide bonds. The molecule has 1 fully saturated rings. The average molecular weight is 443 g/mol. The van der Waals surface area contributed by atoms with Gasteiger partial charge in [-0.25, -0.2) is 4.79 Å². The van der Waals surface area contributed by atoms with Crippen LogP contribution in [0.15, 0.2) is 34.9 Å². The van der Waals surface area contributed by atoms with E-state index in [-0.39, 0.29) is 29.3 Å². The van der Waals surface area contributed by atoms with Gasteiger partial charge in [0.05, 0.1) is 22.9 Å². The van der Waals surface area contributed by atoms with Crippen LogP contribution in [-0.4, -0.2) is 52.5 Å². The second-order valence-electron chi connectivity index (χ2n) is 5.98. The molecular formula is C18H19ClN2O7S. The van der Waals surface area contributed by atoms with Gasteiger partial charge >= 0.3 is 5.97 Å². The van der Waals surface area contributed by atoms with Gasteiger partial charge in [0.2, 0.25) is 5.91 Å². The Morgan fingerprint density at radius 2 is 2.00 bits per heavy atom. The first-order valence-corrected chi connectivity index (χ1v) is 9.92. The zero-order valence-electron chi connectivity index (χ0n) is 15.8. The number of nitro benzene ring substituents is 1. The summed E-state index contributed by atoms with van der Waals surface area (Å²) < 4.78 is 10.2. The van der Waals surface area contributed by atoms with Crippen LogP contribution in [0.4, 0.5) is 5.69 Å². The third-order valence-corrected chi connectivity index (χ3v) is 5.40. The molecule has 1 unspecified atom stereocenters. The number of carbonyl (C=O) groups is 3. The van der Waals surface area contributed by atoms with Crippen molar-refractivity contribution in [3.8, 4) is 0 Å². The number of carbonyl (C=O) groups excluding carboxylic acids is 3. The van der Waals surface area contributed by atoms with Gasteiger partial charge in [-0.15, -0.1) is 11.8 Å². The lowest BCUT2D eigenvalue weighted by atomic mass is 10.1. The van der Waals surface area contributed by atoms with Crippen molar-refractivity contribution < 1.29 is 28.8 Å². The number of methoxy groups -OCH3 is 1. The summed E-state index contributed by atoms with van der Waals surface area (Å²) in [6.45, 7) is 1.43. The average Bonchev–Trinajstić information content (AvgIpc) is 2.68. The first-order valence-electron chi connectivity index (χ1n) is 8.49. The van der Waals surface area contributed by atoms with Crippen molar-refractivity contribution in [3.05, 3.63) is 50.5 Å². The van der Waals surface area contributed by atoms with Gasteiger partial charge in [-0.05, 0) is 24.6 Å². The Balaban J connectivity index is 2.23. The van der Waals surface area contributed by atoms with Crippen LogP contribution in [0.25, 0.3) is 0 Å². The maximum Gasteiger partial charge on any atom is 0.356 e. The number of thioether (sulfide) groups is 1. The highest BCUT2D eigenvalue weighted by Gasteiger charge is 2.42. The summed E-state index contributed by atoms with van der Waals surface area (Å²) in [5.74, 6) is -1.29. The molecule has 156 valence electrons. The molecule has 1 aliphatic rings. The second-order valence-corrected chi connectivity index (χ2v) is 7.59. The predicted molar refractivity (Wildman–Crippen MR) is 106 cm³/mol. The fraction of sp³-hybridized carbons (Fsp3) is 0.389. The number of benzene rings is 1. The number of ketones is 1. The molecule has 0 N–H and O–H groups in total. The van der Waals surface area contributed by atoms with Crippen LogP contribution in [0.2, 0.25) is 0 Å². The van der Waals surface area contributed by atoms with Crippen molar-refractivity contribution in [2.45, 2.75) is 25.5 Å². The third kappa shape index (κ3) is 5.78. The van der Waals surface area contributed by atoms with Gasteiger partial charge in [0.1, 0.15) is 17.8 Å². The first kappa shape index (κ1) is 22.9. The van der Waals surface area contributed by atoms with E-state index < -0.39 is 28.1 Å². The van der Waals surface area contributed by atoms with Crippen molar-refractivity contribution >= 4 is 46.7 Å². The van der Waals surface area contributed by atoms with Crippen LogP contribution in [-0.2, 0) is 30.5 Å².